The molecule has 0 radical (unpaired) electrons. The van der Waals surface area contributed by atoms with E-state index in [1.54, 1.807) is 26.8 Å². The molecule has 136 valence electrons. The van der Waals surface area contributed by atoms with Crippen LogP contribution in [0.5, 0.6) is 0 Å². The van der Waals surface area contributed by atoms with E-state index in [4.69, 9.17) is 10.00 Å². The monoisotopic (exact) mass is 356 g/mol. The predicted octanol–water partition coefficient (Wildman–Crippen LogP) is 3.72. The Balaban J connectivity index is 0.00000151. The van der Waals surface area contributed by atoms with E-state index >= 15 is 0 Å². The lowest BCUT2D eigenvalue weighted by molar-refractivity contribution is -0.155. The molecular weight excluding hydrogens is 337 g/mol. The molecule has 25 heavy (non-hydrogen) atoms. The Bertz CT molecular complexity index is 785. The number of alkyl halides is 3. The van der Waals surface area contributed by atoms with Gasteiger partial charge in [0.15, 0.2) is 17.3 Å². The average molecular weight is 356 g/mol. The summed E-state index contributed by atoms with van der Waals surface area (Å²) in [6.45, 7) is 8.92. The second-order valence-corrected chi connectivity index (χ2v) is 5.78. The first-order valence-electron chi connectivity index (χ1n) is 7.57. The van der Waals surface area contributed by atoms with Crippen LogP contribution in [0.2, 0.25) is 0 Å². The molecule has 2 aromatic rings. The van der Waals surface area contributed by atoms with Crippen LogP contribution < -0.4 is 0 Å². The smallest absolute Gasteiger partial charge is 0.435 e. The van der Waals surface area contributed by atoms with Gasteiger partial charge in [-0.15, -0.1) is 0 Å². The number of rotatable bonds is 2. The van der Waals surface area contributed by atoms with E-state index in [0.717, 1.165) is 10.6 Å². The topological polar surface area (TPSA) is 80.3 Å². The van der Waals surface area contributed by atoms with Crippen molar-refractivity contribution in [2.24, 2.45) is 0 Å². The highest BCUT2D eigenvalue weighted by Crippen LogP contribution is 2.28. The van der Waals surface area contributed by atoms with E-state index in [1.807, 2.05) is 13.8 Å². The molecule has 0 aliphatic carbocycles. The largest absolute Gasteiger partial charge is 0.459 e. The van der Waals surface area contributed by atoms with Crippen LogP contribution in [0.25, 0.3) is 5.65 Å². The average Bonchev–Trinajstić information content (AvgIpc) is 2.91. The number of halogens is 3. The Hall–Kier alpha value is -2.63. The minimum atomic E-state index is -4.60. The summed E-state index contributed by atoms with van der Waals surface area (Å²) >= 11 is 0. The zero-order valence-electron chi connectivity index (χ0n) is 14.5. The molecule has 2 rings (SSSR count). The van der Waals surface area contributed by atoms with E-state index in [9.17, 15) is 18.0 Å². The number of hydrogen-bond acceptors (Lipinski definition) is 5. The van der Waals surface area contributed by atoms with Crippen LogP contribution in [-0.4, -0.2) is 26.2 Å². The second-order valence-electron chi connectivity index (χ2n) is 5.78. The molecule has 0 fully saturated rings. The fourth-order valence-electron chi connectivity index (χ4n) is 1.79. The summed E-state index contributed by atoms with van der Waals surface area (Å²) < 4.78 is 43.9. The lowest BCUT2D eigenvalue weighted by Gasteiger charge is -2.21. The van der Waals surface area contributed by atoms with Gasteiger partial charge in [0.05, 0.1) is 11.8 Å². The first kappa shape index (κ1) is 20.4. The Morgan fingerprint density at radius 1 is 1.32 bits per heavy atom. The first-order valence-corrected chi connectivity index (χ1v) is 7.57. The molecule has 1 atom stereocenters. The zero-order chi connectivity index (χ0) is 19.4. The van der Waals surface area contributed by atoms with Crippen LogP contribution in [0.3, 0.4) is 0 Å². The van der Waals surface area contributed by atoms with Gasteiger partial charge in [0.2, 0.25) is 0 Å². The molecule has 9 heteroatoms. The van der Waals surface area contributed by atoms with E-state index in [2.05, 4.69) is 10.1 Å². The number of carbonyl (C=O) groups excluding carboxylic acids is 1. The fourth-order valence-corrected chi connectivity index (χ4v) is 1.79. The van der Waals surface area contributed by atoms with Gasteiger partial charge >= 0.3 is 12.1 Å². The summed E-state index contributed by atoms with van der Waals surface area (Å²) in [6, 6.07) is 3.76. The third-order valence-electron chi connectivity index (χ3n) is 2.70. The van der Waals surface area contributed by atoms with Crippen molar-refractivity contribution in [2.75, 3.05) is 0 Å². The maximum Gasteiger partial charge on any atom is 0.435 e. The molecule has 0 saturated heterocycles. The van der Waals surface area contributed by atoms with Crippen molar-refractivity contribution in [3.63, 3.8) is 0 Å². The molecule has 1 unspecified atom stereocenters. The van der Waals surface area contributed by atoms with E-state index in [1.165, 1.54) is 12.3 Å². The van der Waals surface area contributed by atoms with Gasteiger partial charge in [0, 0.05) is 12.3 Å². The van der Waals surface area contributed by atoms with Crippen LogP contribution in [0, 0.1) is 11.3 Å². The van der Waals surface area contributed by atoms with Crippen LogP contribution in [-0.2, 0) is 15.7 Å². The van der Waals surface area contributed by atoms with Gasteiger partial charge in [-0.3, -0.25) is 4.79 Å². The Morgan fingerprint density at radius 2 is 1.92 bits per heavy atom. The fraction of sp³-hybridized carbons (Fsp3) is 0.500. The molecule has 2 heterocycles. The molecular formula is C16H19F3N4O2. The number of carbonyl (C=O) groups is 1. The van der Waals surface area contributed by atoms with E-state index in [-0.39, 0.29) is 11.3 Å². The maximum absolute atomic E-state index is 12.6. The van der Waals surface area contributed by atoms with Crippen LogP contribution in [0.4, 0.5) is 13.2 Å². The minimum Gasteiger partial charge on any atom is -0.459 e. The number of fused-ring (bicyclic) bond motifs is 1. The number of nitrogens with zero attached hydrogens (tertiary/aromatic N) is 4. The highest BCUT2D eigenvalue weighted by atomic mass is 19.4. The maximum atomic E-state index is 12.6. The van der Waals surface area contributed by atoms with Gasteiger partial charge in [-0.05, 0) is 26.8 Å². The molecule has 0 aliphatic rings. The number of nitriles is 1. The van der Waals surface area contributed by atoms with Gasteiger partial charge in [-0.25, -0.2) is 9.50 Å². The zero-order valence-corrected chi connectivity index (χ0v) is 14.5. The highest BCUT2D eigenvalue weighted by molar-refractivity contribution is 5.81. The van der Waals surface area contributed by atoms with Crippen molar-refractivity contribution in [2.45, 2.75) is 52.3 Å². The molecule has 0 aromatic carbocycles. The summed E-state index contributed by atoms with van der Waals surface area (Å²) in [7, 11) is 0. The third-order valence-corrected chi connectivity index (χ3v) is 2.70. The van der Waals surface area contributed by atoms with Crippen molar-refractivity contribution in [1.82, 2.24) is 14.6 Å². The SMILES string of the molecule is CC.CC(C)(C)OC(=O)C(C#N)c1ccn2nc(C(F)(F)F)cc2n1. The van der Waals surface area contributed by atoms with E-state index < -0.39 is 29.4 Å². The first-order chi connectivity index (χ1) is 11.5. The number of ether oxygens (including phenoxy) is 1. The van der Waals surface area contributed by atoms with Crippen LogP contribution in [0.15, 0.2) is 18.3 Å². The van der Waals surface area contributed by atoms with E-state index in [0.29, 0.717) is 0 Å². The van der Waals surface area contributed by atoms with Crippen molar-refractivity contribution >= 4 is 11.6 Å². The molecule has 0 saturated carbocycles. The molecule has 0 N–H and O–H groups in total. The van der Waals surface area contributed by atoms with Gasteiger partial charge in [-0.1, -0.05) is 13.8 Å². The number of esters is 1. The summed E-state index contributed by atoms with van der Waals surface area (Å²) in [5, 5.41) is 12.5. The second kappa shape index (κ2) is 7.51. The van der Waals surface area contributed by atoms with Crippen molar-refractivity contribution in [1.29, 1.82) is 5.26 Å². The Morgan fingerprint density at radius 3 is 2.40 bits per heavy atom. The van der Waals surface area contributed by atoms with Crippen molar-refractivity contribution < 1.29 is 22.7 Å². The number of hydrogen-bond donors (Lipinski definition) is 0. The van der Waals surface area contributed by atoms with Gasteiger partial charge in [0.1, 0.15) is 5.60 Å². The molecule has 0 spiro atoms. The molecule has 6 nitrogen and oxygen atoms in total. The van der Waals surface area contributed by atoms with Crippen LogP contribution in [0.1, 0.15) is 51.9 Å². The predicted molar refractivity (Wildman–Crippen MR) is 83.5 cm³/mol. The number of aromatic nitrogens is 3. The summed E-state index contributed by atoms with van der Waals surface area (Å²) in [5.74, 6) is -2.14. The molecule has 0 amide bonds. The molecule has 2 aromatic heterocycles. The quantitative estimate of drug-likeness (QED) is 0.766. The van der Waals surface area contributed by atoms with Crippen LogP contribution >= 0.6 is 0 Å². The lowest BCUT2D eigenvalue weighted by atomic mass is 10.1. The Labute approximate surface area is 143 Å². The summed E-state index contributed by atoms with van der Waals surface area (Å²) in [4.78, 5) is 15.9. The minimum absolute atomic E-state index is 0.00266. The molecule has 0 aliphatic heterocycles. The van der Waals surface area contributed by atoms with Gasteiger partial charge in [0.25, 0.3) is 0 Å². The highest BCUT2D eigenvalue weighted by Gasteiger charge is 2.34. The lowest BCUT2D eigenvalue weighted by Crippen LogP contribution is -2.27. The summed E-state index contributed by atoms with van der Waals surface area (Å²) in [5.41, 5.74) is -2.01. The normalized spacial score (nSPS) is 12.8. The summed E-state index contributed by atoms with van der Waals surface area (Å²) in [6.07, 6.45) is -3.39. The van der Waals surface area contributed by atoms with Crippen molar-refractivity contribution in [3.05, 3.63) is 29.7 Å². The Kier molecular flexibility index (Phi) is 6.13. The van der Waals surface area contributed by atoms with Gasteiger partial charge < -0.3 is 4.74 Å². The third kappa shape index (κ3) is 5.17. The standard InChI is InChI=1S/C14H13F3N4O2.C2H6/c1-13(2,3)23-12(22)8(7-18)9-4-5-21-11(19-9)6-10(20-21)14(15,16)17;1-2/h4-6,8H,1-3H3;1-2H3. The van der Waals surface area contributed by atoms with Crippen molar-refractivity contribution in [3.8, 4) is 6.07 Å². The molecule has 0 bridgehead atoms. The van der Waals surface area contributed by atoms with Gasteiger partial charge in [-0.2, -0.15) is 23.5 Å².